The molecule has 0 radical (unpaired) electrons. The van der Waals surface area contributed by atoms with Crippen LogP contribution in [-0.2, 0) is 0 Å². The molecule has 0 amide bonds. The molecule has 1 unspecified atom stereocenters. The highest BCUT2D eigenvalue weighted by Gasteiger charge is 2.46. The number of hydrogen-bond acceptors (Lipinski definition) is 1. The minimum Gasteiger partial charge on any atom is -0.320 e. The summed E-state index contributed by atoms with van der Waals surface area (Å²) in [6, 6.07) is 0. The number of nitrogens with zero attached hydrogens (tertiary/aromatic N) is 1. The summed E-state index contributed by atoms with van der Waals surface area (Å²) in [4.78, 5) is 2.10. The lowest BCUT2D eigenvalue weighted by Crippen LogP contribution is -2.32. The summed E-state index contributed by atoms with van der Waals surface area (Å²) in [7, 11) is 0. The van der Waals surface area contributed by atoms with E-state index in [4.69, 9.17) is 0 Å². The van der Waals surface area contributed by atoms with Crippen LogP contribution in [0.3, 0.4) is 0 Å². The second-order valence-electron chi connectivity index (χ2n) is 11.4. The van der Waals surface area contributed by atoms with Crippen molar-refractivity contribution in [1.82, 2.24) is 4.90 Å². The predicted molar refractivity (Wildman–Crippen MR) is 135 cm³/mol. The zero-order chi connectivity index (χ0) is 24.9. The second kappa shape index (κ2) is 8.77. The summed E-state index contributed by atoms with van der Waals surface area (Å²) in [6.45, 7) is 15.3. The Kier molecular flexibility index (Phi) is 6.42. The van der Waals surface area contributed by atoms with Crippen molar-refractivity contribution < 1.29 is 13.2 Å². The van der Waals surface area contributed by atoms with Crippen molar-refractivity contribution in [3.8, 4) is 0 Å². The fraction of sp³-hybridized carbons (Fsp3) is 0.533. The minimum absolute atomic E-state index is 0.00608. The summed E-state index contributed by atoms with van der Waals surface area (Å²) in [5, 5.41) is 0. The molecule has 184 valence electrons. The third-order valence-electron chi connectivity index (χ3n) is 8.62. The highest BCUT2D eigenvalue weighted by atomic mass is 19.4. The van der Waals surface area contributed by atoms with Gasteiger partial charge in [-0.05, 0) is 67.7 Å². The minimum atomic E-state index is -4.33. The Labute approximate surface area is 203 Å². The molecule has 4 aliphatic rings. The molecule has 4 heteroatoms. The van der Waals surface area contributed by atoms with Gasteiger partial charge in [0.1, 0.15) is 0 Å². The summed E-state index contributed by atoms with van der Waals surface area (Å²) >= 11 is 0. The van der Waals surface area contributed by atoms with Crippen molar-refractivity contribution in [3.63, 3.8) is 0 Å². The van der Waals surface area contributed by atoms with E-state index in [1.165, 1.54) is 42.9 Å². The Morgan fingerprint density at radius 2 is 1.82 bits per heavy atom. The van der Waals surface area contributed by atoms with Crippen LogP contribution in [0, 0.1) is 16.7 Å². The lowest BCUT2D eigenvalue weighted by molar-refractivity contribution is -0.0933. The topological polar surface area (TPSA) is 3.24 Å². The largest absolute Gasteiger partial charge is 0.413 e. The van der Waals surface area contributed by atoms with E-state index >= 15 is 0 Å². The van der Waals surface area contributed by atoms with Gasteiger partial charge in [-0.3, -0.25) is 0 Å². The first-order valence-corrected chi connectivity index (χ1v) is 12.6. The van der Waals surface area contributed by atoms with Gasteiger partial charge in [0.15, 0.2) is 0 Å². The Bertz CT molecular complexity index is 1050. The maximum atomic E-state index is 13.7. The molecule has 1 nitrogen and oxygen atoms in total. The Balaban J connectivity index is 1.78. The second-order valence-corrected chi connectivity index (χ2v) is 11.4. The maximum Gasteiger partial charge on any atom is 0.413 e. The third kappa shape index (κ3) is 4.41. The van der Waals surface area contributed by atoms with Crippen LogP contribution in [-0.4, -0.2) is 11.1 Å². The molecule has 1 fully saturated rings. The molecular formula is C30H38F3N. The van der Waals surface area contributed by atoms with E-state index in [0.717, 1.165) is 35.4 Å². The van der Waals surface area contributed by atoms with E-state index in [1.807, 2.05) is 13.0 Å². The molecule has 4 rings (SSSR count). The molecular weight excluding hydrogens is 431 g/mol. The number of halogens is 3. The molecule has 34 heavy (non-hydrogen) atoms. The highest BCUT2D eigenvalue weighted by Crippen LogP contribution is 2.54. The molecule has 1 saturated carbocycles. The van der Waals surface area contributed by atoms with Gasteiger partial charge in [-0.2, -0.15) is 13.2 Å². The van der Waals surface area contributed by atoms with Gasteiger partial charge < -0.3 is 4.90 Å². The van der Waals surface area contributed by atoms with Gasteiger partial charge in [0.05, 0.1) is 0 Å². The first-order chi connectivity index (χ1) is 15.9. The summed E-state index contributed by atoms with van der Waals surface area (Å²) in [5.41, 5.74) is 5.45. The van der Waals surface area contributed by atoms with Crippen molar-refractivity contribution in [3.05, 3.63) is 82.4 Å². The van der Waals surface area contributed by atoms with Gasteiger partial charge in [-0.25, -0.2) is 0 Å². The fourth-order valence-corrected chi connectivity index (χ4v) is 6.47. The monoisotopic (exact) mass is 469 g/mol. The van der Waals surface area contributed by atoms with Crippen LogP contribution in [0.25, 0.3) is 0 Å². The molecule has 2 aliphatic carbocycles. The van der Waals surface area contributed by atoms with Crippen molar-refractivity contribution >= 4 is 0 Å². The van der Waals surface area contributed by atoms with Gasteiger partial charge >= 0.3 is 6.18 Å². The van der Waals surface area contributed by atoms with Crippen LogP contribution in [0.1, 0.15) is 79.6 Å². The van der Waals surface area contributed by atoms with Gasteiger partial charge in [0, 0.05) is 40.9 Å². The number of fused-ring (bicyclic) bond motifs is 2. The van der Waals surface area contributed by atoms with Crippen molar-refractivity contribution in [2.75, 3.05) is 0 Å². The van der Waals surface area contributed by atoms with E-state index < -0.39 is 11.7 Å². The van der Waals surface area contributed by atoms with Gasteiger partial charge in [0.2, 0.25) is 0 Å². The molecule has 0 spiro atoms. The number of allylic oxidation sites excluding steroid dienone is 10. The molecule has 2 heterocycles. The molecule has 0 aromatic carbocycles. The quantitative estimate of drug-likeness (QED) is 0.371. The average Bonchev–Trinajstić information content (AvgIpc) is 3.20. The van der Waals surface area contributed by atoms with Crippen molar-refractivity contribution in [1.29, 1.82) is 0 Å². The fourth-order valence-electron chi connectivity index (χ4n) is 6.47. The number of rotatable bonds is 4. The smallest absolute Gasteiger partial charge is 0.320 e. The van der Waals surface area contributed by atoms with Crippen LogP contribution in [0.5, 0.6) is 0 Å². The van der Waals surface area contributed by atoms with Crippen LogP contribution in [0.15, 0.2) is 82.4 Å². The van der Waals surface area contributed by atoms with E-state index in [0.29, 0.717) is 5.41 Å². The Morgan fingerprint density at radius 3 is 2.44 bits per heavy atom. The molecule has 1 atom stereocenters. The zero-order valence-electron chi connectivity index (χ0n) is 21.3. The predicted octanol–water partition coefficient (Wildman–Crippen LogP) is 9.31. The normalized spacial score (nSPS) is 26.5. The molecule has 0 aromatic rings. The molecule has 0 N–H and O–H groups in total. The zero-order valence-corrected chi connectivity index (χ0v) is 21.3. The maximum absolute atomic E-state index is 13.7. The molecule has 0 bridgehead atoms. The third-order valence-corrected chi connectivity index (χ3v) is 8.62. The van der Waals surface area contributed by atoms with E-state index in [1.54, 1.807) is 6.08 Å². The average molecular weight is 470 g/mol. The van der Waals surface area contributed by atoms with Crippen LogP contribution < -0.4 is 0 Å². The van der Waals surface area contributed by atoms with E-state index in [2.05, 4.69) is 57.5 Å². The Morgan fingerprint density at radius 1 is 1.15 bits per heavy atom. The highest BCUT2D eigenvalue weighted by molar-refractivity contribution is 5.57. The van der Waals surface area contributed by atoms with Crippen LogP contribution in [0.4, 0.5) is 13.2 Å². The molecule has 2 aliphatic heterocycles. The SMILES string of the molecule is C=C1C(/C(C)=C/C)C(C)(C)C2=CC=C(C(F)(F)F)CC2=C2C=CC(CCC3(C)CCCC3)=CN12. The van der Waals surface area contributed by atoms with E-state index in [9.17, 15) is 13.2 Å². The van der Waals surface area contributed by atoms with E-state index in [-0.39, 0.29) is 17.8 Å². The summed E-state index contributed by atoms with van der Waals surface area (Å²) in [5.74, 6) is -0.00608. The first-order valence-electron chi connectivity index (χ1n) is 12.6. The van der Waals surface area contributed by atoms with Crippen molar-refractivity contribution in [2.24, 2.45) is 16.7 Å². The number of hydrogen-bond donors (Lipinski definition) is 0. The molecule has 0 saturated heterocycles. The van der Waals surface area contributed by atoms with Gasteiger partial charge in [0.25, 0.3) is 0 Å². The van der Waals surface area contributed by atoms with Crippen LogP contribution >= 0.6 is 0 Å². The lowest BCUT2D eigenvalue weighted by Gasteiger charge is -2.39. The lowest BCUT2D eigenvalue weighted by atomic mass is 9.65. The molecule has 0 aromatic heterocycles. The van der Waals surface area contributed by atoms with Gasteiger partial charge in [-0.1, -0.05) is 70.1 Å². The van der Waals surface area contributed by atoms with Crippen molar-refractivity contribution in [2.45, 2.75) is 85.7 Å². The summed E-state index contributed by atoms with van der Waals surface area (Å²) in [6.07, 6.45) is 14.3. The van der Waals surface area contributed by atoms with Gasteiger partial charge in [-0.15, -0.1) is 0 Å². The summed E-state index contributed by atoms with van der Waals surface area (Å²) < 4.78 is 41.1. The Hall–Kier alpha value is -2.23. The standard InChI is InChI=1S/C30H38F3N/c1-7-20(2)27-21(3)34-19-22(14-17-29(6)15-8-9-16-29)10-13-26(34)24-18-23(30(31,32)33)11-12-25(24)28(27,4)5/h7,10-13,19,27H,3,8-9,14-18H2,1-2,4-6H3/b20-7+. The van der Waals surface area contributed by atoms with Crippen LogP contribution in [0.2, 0.25) is 0 Å². The number of alkyl halides is 3. The first kappa shape index (κ1) is 24.9.